The van der Waals surface area contributed by atoms with E-state index in [1.165, 1.54) is 39.6 Å². The molecule has 3 aromatic heterocycles. The zero-order valence-electron chi connectivity index (χ0n) is 29.2. The third-order valence-corrected chi connectivity index (χ3v) is 9.77. The van der Waals surface area contributed by atoms with Gasteiger partial charge in [-0.15, -0.1) is 0 Å². The predicted octanol–water partition coefficient (Wildman–Crippen LogP) is 11.1. The zero-order chi connectivity index (χ0) is 33.2. The number of hydrogen-bond donors (Lipinski definition) is 0. The summed E-state index contributed by atoms with van der Waals surface area (Å²) in [5.41, 5.74) is 10.7. The van der Waals surface area contributed by atoms with Crippen LogP contribution in [0, 0.1) is 32.6 Å². The van der Waals surface area contributed by atoms with Crippen molar-refractivity contribution in [3.05, 3.63) is 119 Å². The highest BCUT2D eigenvalue weighted by Crippen LogP contribution is 2.46. The molecule has 0 bridgehead atoms. The summed E-state index contributed by atoms with van der Waals surface area (Å²) in [5.74, 6) is 4.02. The topological polar surface area (TPSA) is 44.9 Å². The molecule has 5 nitrogen and oxygen atoms in total. The van der Waals surface area contributed by atoms with Gasteiger partial charge in [0.15, 0.2) is 0 Å². The minimum absolute atomic E-state index is 0.104. The first-order chi connectivity index (χ1) is 22.4. The normalized spacial score (nSPS) is 18.6. The Bertz CT molecular complexity index is 2170. The summed E-state index contributed by atoms with van der Waals surface area (Å²) < 4.78 is 11.1. The van der Waals surface area contributed by atoms with Crippen molar-refractivity contribution >= 4 is 21.8 Å². The van der Waals surface area contributed by atoms with Gasteiger partial charge in [-0.05, 0) is 99.5 Å². The van der Waals surface area contributed by atoms with Gasteiger partial charge in [0.05, 0.1) is 28.1 Å². The van der Waals surface area contributed by atoms with Gasteiger partial charge in [0.1, 0.15) is 17.3 Å². The third kappa shape index (κ3) is 5.56. The van der Waals surface area contributed by atoms with E-state index in [4.69, 9.17) is 14.8 Å². The summed E-state index contributed by atoms with van der Waals surface area (Å²) in [6.45, 7) is 20.4. The van der Waals surface area contributed by atoms with Crippen molar-refractivity contribution in [2.24, 2.45) is 11.8 Å². The Morgan fingerprint density at radius 2 is 1.55 bits per heavy atom. The van der Waals surface area contributed by atoms with E-state index < -0.39 is 0 Å². The second-order valence-electron chi connectivity index (χ2n) is 14.9. The lowest BCUT2D eigenvalue weighted by Gasteiger charge is -2.34. The standard InChI is InChI=1S/C42H46N4O/c1-25-16-17-43-38(22-25)45-36-13-11-10-12-34(36)35-15-14-32(24-37(35)45)47-33-21-27(3)20-31(23-33)46-41(42(7,8)9)40(30(6)44-46)39-28(4)18-26(2)19-29(39)5/h10-18,20-24,26,29,39H,19H2,1-9H3/t26?,29-,39+/m0/s1. The molecule has 5 heteroatoms. The monoisotopic (exact) mass is 622 g/mol. The number of fused-ring (bicyclic) bond motifs is 3. The smallest absolute Gasteiger partial charge is 0.137 e. The van der Waals surface area contributed by atoms with E-state index in [2.05, 4.69) is 144 Å². The van der Waals surface area contributed by atoms with Crippen LogP contribution in [0.2, 0.25) is 0 Å². The Kier molecular flexibility index (Phi) is 7.62. The maximum atomic E-state index is 6.68. The average molecular weight is 623 g/mol. The van der Waals surface area contributed by atoms with Gasteiger partial charge in [0.25, 0.3) is 0 Å². The minimum atomic E-state index is -0.104. The summed E-state index contributed by atoms with van der Waals surface area (Å²) in [6, 6.07) is 25.5. The van der Waals surface area contributed by atoms with Crippen LogP contribution < -0.4 is 4.74 Å². The van der Waals surface area contributed by atoms with Crippen molar-refractivity contribution in [2.75, 3.05) is 0 Å². The van der Waals surface area contributed by atoms with Crippen molar-refractivity contribution in [3.8, 4) is 23.0 Å². The fourth-order valence-corrected chi connectivity index (χ4v) is 8.07. The van der Waals surface area contributed by atoms with Crippen molar-refractivity contribution in [3.63, 3.8) is 0 Å². The van der Waals surface area contributed by atoms with Gasteiger partial charge < -0.3 is 4.74 Å². The molecule has 0 spiro atoms. The highest BCUT2D eigenvalue weighted by Gasteiger charge is 2.36. The van der Waals surface area contributed by atoms with Crippen LogP contribution in [0.1, 0.15) is 82.0 Å². The van der Waals surface area contributed by atoms with E-state index in [0.29, 0.717) is 17.8 Å². The largest absolute Gasteiger partial charge is 0.457 e. The number of hydrogen-bond acceptors (Lipinski definition) is 3. The number of aromatic nitrogens is 4. The molecule has 1 aliphatic rings. The van der Waals surface area contributed by atoms with E-state index in [9.17, 15) is 0 Å². The minimum Gasteiger partial charge on any atom is -0.457 e. The summed E-state index contributed by atoms with van der Waals surface area (Å²) in [6.07, 6.45) is 5.54. The molecule has 1 aliphatic carbocycles. The molecule has 3 heterocycles. The number of allylic oxidation sites excluding steroid dienone is 2. The van der Waals surface area contributed by atoms with Crippen molar-refractivity contribution in [2.45, 2.75) is 80.1 Å². The van der Waals surface area contributed by atoms with Gasteiger partial charge in [-0.1, -0.05) is 64.5 Å². The Morgan fingerprint density at radius 1 is 0.787 bits per heavy atom. The summed E-state index contributed by atoms with van der Waals surface area (Å²) in [7, 11) is 0. The van der Waals surface area contributed by atoms with Crippen LogP contribution >= 0.6 is 0 Å². The highest BCUT2D eigenvalue weighted by atomic mass is 16.5. The SMILES string of the molecule is CC1=CC(C)C[C@H](C)[C@@H]1c1c(C)nn(-c2cc(C)cc(Oc3ccc4c5ccccc5n(-c5cc(C)ccn5)c4c3)c2)c1C(C)(C)C. The van der Waals surface area contributed by atoms with E-state index in [-0.39, 0.29) is 5.41 Å². The van der Waals surface area contributed by atoms with Crippen molar-refractivity contribution < 1.29 is 4.74 Å². The number of pyridine rings is 1. The summed E-state index contributed by atoms with van der Waals surface area (Å²) in [4.78, 5) is 4.75. The van der Waals surface area contributed by atoms with E-state index in [1.54, 1.807) is 0 Å². The van der Waals surface area contributed by atoms with Crippen LogP contribution in [0.15, 0.2) is 90.6 Å². The first kappa shape index (κ1) is 31.0. The molecule has 0 N–H and O–H groups in total. The second kappa shape index (κ2) is 11.6. The van der Waals surface area contributed by atoms with Crippen LogP contribution in [0.4, 0.5) is 0 Å². The lowest BCUT2D eigenvalue weighted by atomic mass is 9.70. The molecule has 0 fully saturated rings. The van der Waals surface area contributed by atoms with Gasteiger partial charge in [-0.3, -0.25) is 4.57 Å². The molecule has 0 amide bonds. The van der Waals surface area contributed by atoms with Gasteiger partial charge in [-0.25, -0.2) is 9.67 Å². The van der Waals surface area contributed by atoms with Gasteiger partial charge in [-0.2, -0.15) is 5.10 Å². The second-order valence-corrected chi connectivity index (χ2v) is 14.9. The fourth-order valence-electron chi connectivity index (χ4n) is 8.07. The maximum Gasteiger partial charge on any atom is 0.137 e. The number of para-hydroxylation sites is 1. The molecule has 3 aromatic carbocycles. The molecule has 3 atom stereocenters. The summed E-state index contributed by atoms with van der Waals surface area (Å²) in [5, 5.41) is 7.61. The molecule has 0 saturated heterocycles. The summed E-state index contributed by atoms with van der Waals surface area (Å²) >= 11 is 0. The van der Waals surface area contributed by atoms with Crippen molar-refractivity contribution in [1.82, 2.24) is 19.3 Å². The molecule has 0 radical (unpaired) electrons. The molecule has 0 aliphatic heterocycles. The Hall–Kier alpha value is -4.64. The number of benzene rings is 3. The average Bonchev–Trinajstić information content (AvgIpc) is 3.51. The lowest BCUT2D eigenvalue weighted by Crippen LogP contribution is -2.25. The quantitative estimate of drug-likeness (QED) is 0.180. The molecule has 47 heavy (non-hydrogen) atoms. The number of rotatable bonds is 5. The number of ether oxygens (including phenoxy) is 1. The van der Waals surface area contributed by atoms with Crippen LogP contribution in [0.5, 0.6) is 11.5 Å². The first-order valence-corrected chi connectivity index (χ1v) is 16.9. The Balaban J connectivity index is 1.33. The van der Waals surface area contributed by atoms with Crippen LogP contribution in [0.3, 0.4) is 0 Å². The van der Waals surface area contributed by atoms with E-state index in [0.717, 1.165) is 45.3 Å². The predicted molar refractivity (Wildman–Crippen MR) is 195 cm³/mol. The highest BCUT2D eigenvalue weighted by molar-refractivity contribution is 6.09. The Morgan fingerprint density at radius 3 is 2.30 bits per heavy atom. The Labute approximate surface area is 278 Å². The zero-order valence-corrected chi connectivity index (χ0v) is 29.2. The van der Waals surface area contributed by atoms with Crippen LogP contribution in [-0.2, 0) is 5.41 Å². The van der Waals surface area contributed by atoms with Crippen LogP contribution in [0.25, 0.3) is 33.3 Å². The molecule has 6 aromatic rings. The molecule has 240 valence electrons. The lowest BCUT2D eigenvalue weighted by molar-refractivity contribution is 0.385. The third-order valence-electron chi connectivity index (χ3n) is 9.77. The molecule has 1 unspecified atom stereocenters. The molecular formula is C42H46N4O. The molecule has 7 rings (SSSR count). The maximum absolute atomic E-state index is 6.68. The van der Waals surface area contributed by atoms with Crippen molar-refractivity contribution in [1.29, 1.82) is 0 Å². The number of nitrogens with zero attached hydrogens (tertiary/aromatic N) is 4. The fraction of sp³-hybridized carbons (Fsp3) is 0.333. The van der Waals surface area contributed by atoms with Crippen LogP contribution in [-0.4, -0.2) is 19.3 Å². The molecular weight excluding hydrogens is 576 g/mol. The van der Waals surface area contributed by atoms with Gasteiger partial charge in [0.2, 0.25) is 0 Å². The molecule has 0 saturated carbocycles. The van der Waals surface area contributed by atoms with E-state index >= 15 is 0 Å². The number of aryl methyl sites for hydroxylation is 3. The first-order valence-electron chi connectivity index (χ1n) is 16.9. The van der Waals surface area contributed by atoms with Gasteiger partial charge >= 0.3 is 0 Å². The van der Waals surface area contributed by atoms with Gasteiger partial charge in [0, 0.05) is 46.0 Å². The van der Waals surface area contributed by atoms with E-state index in [1.807, 2.05) is 12.3 Å².